The van der Waals surface area contributed by atoms with Crippen molar-refractivity contribution in [3.8, 4) is 0 Å². The molecule has 0 saturated carbocycles. The number of rotatable bonds is 10. The molecule has 0 aliphatic rings. The molecule has 0 aromatic heterocycles. The minimum atomic E-state index is 1.18. The van der Waals surface area contributed by atoms with Crippen LogP contribution in [0.25, 0.3) is 0 Å². The van der Waals surface area contributed by atoms with Crippen LogP contribution >= 0.6 is 0 Å². The topological polar surface area (TPSA) is 0 Å². The fourth-order valence-corrected chi connectivity index (χ4v) is 1.62. The van der Waals surface area contributed by atoms with Gasteiger partial charge in [0.05, 0.1) is 0 Å². The zero-order valence-corrected chi connectivity index (χ0v) is 10.7. The predicted molar refractivity (Wildman–Crippen MR) is 71.2 cm³/mol. The van der Waals surface area contributed by atoms with Crippen LogP contribution in [0.2, 0.25) is 0 Å². The normalized spacial score (nSPS) is 11.9. The van der Waals surface area contributed by atoms with Gasteiger partial charge in [0.1, 0.15) is 0 Å². The van der Waals surface area contributed by atoms with Gasteiger partial charge in [0, 0.05) is 0 Å². The van der Waals surface area contributed by atoms with E-state index in [0.29, 0.717) is 0 Å². The smallest absolute Gasteiger partial charge is 0.0351 e. The molecule has 0 aliphatic heterocycles. The van der Waals surface area contributed by atoms with Gasteiger partial charge in [-0.05, 0) is 38.5 Å². The van der Waals surface area contributed by atoms with E-state index in [0.717, 1.165) is 0 Å². The first-order chi connectivity index (χ1) is 7.41. The summed E-state index contributed by atoms with van der Waals surface area (Å²) < 4.78 is 0. The molecule has 88 valence electrons. The maximum Gasteiger partial charge on any atom is -0.0351 e. The summed E-state index contributed by atoms with van der Waals surface area (Å²) in [6.45, 7) is 4.39. The van der Waals surface area contributed by atoms with Crippen molar-refractivity contribution in [3.63, 3.8) is 0 Å². The molecule has 0 radical (unpaired) electrons. The summed E-state index contributed by atoms with van der Waals surface area (Å²) in [5, 5.41) is 0. The van der Waals surface area contributed by atoms with E-state index < -0.39 is 0 Å². The Morgan fingerprint density at radius 2 is 0.933 bits per heavy atom. The standard InChI is InChI=1S/C15H28/c1-3-5-7-9-11-13-15-14-12-10-8-6-4-2/h5-8H,3-4,9-15H2,1-2H3/b7-5+,8-6+. The first-order valence-electron chi connectivity index (χ1n) is 6.71. The van der Waals surface area contributed by atoms with Gasteiger partial charge in [0.15, 0.2) is 0 Å². The van der Waals surface area contributed by atoms with Gasteiger partial charge >= 0.3 is 0 Å². The number of unbranched alkanes of at least 4 members (excludes halogenated alkanes) is 6. The van der Waals surface area contributed by atoms with Crippen LogP contribution in [0.5, 0.6) is 0 Å². The van der Waals surface area contributed by atoms with Crippen LogP contribution in [0.15, 0.2) is 24.3 Å². The molecule has 0 heteroatoms. The van der Waals surface area contributed by atoms with Gasteiger partial charge in [-0.1, -0.05) is 57.4 Å². The summed E-state index contributed by atoms with van der Waals surface area (Å²) in [6, 6.07) is 0. The third-order valence-corrected chi connectivity index (χ3v) is 2.55. The molecule has 0 aromatic rings. The predicted octanol–water partition coefficient (Wildman–Crippen LogP) is 5.65. The molecule has 0 heterocycles. The zero-order valence-electron chi connectivity index (χ0n) is 10.7. The van der Waals surface area contributed by atoms with E-state index in [1.807, 2.05) is 0 Å². The van der Waals surface area contributed by atoms with Crippen LogP contribution in [0.3, 0.4) is 0 Å². The van der Waals surface area contributed by atoms with E-state index in [4.69, 9.17) is 0 Å². The van der Waals surface area contributed by atoms with Gasteiger partial charge in [-0.2, -0.15) is 0 Å². The lowest BCUT2D eigenvalue weighted by Crippen LogP contribution is -1.78. The highest BCUT2D eigenvalue weighted by atomic mass is 13.9. The molecule has 0 spiro atoms. The van der Waals surface area contributed by atoms with E-state index in [1.165, 1.54) is 57.8 Å². The summed E-state index contributed by atoms with van der Waals surface area (Å²) in [4.78, 5) is 0. The third-order valence-electron chi connectivity index (χ3n) is 2.55. The van der Waals surface area contributed by atoms with Crippen LogP contribution < -0.4 is 0 Å². The summed E-state index contributed by atoms with van der Waals surface area (Å²) in [6.07, 6.45) is 21.1. The molecule has 0 fully saturated rings. The monoisotopic (exact) mass is 208 g/mol. The van der Waals surface area contributed by atoms with Crippen molar-refractivity contribution in [1.82, 2.24) is 0 Å². The molecular formula is C15H28. The summed E-state index contributed by atoms with van der Waals surface area (Å²) in [7, 11) is 0. The van der Waals surface area contributed by atoms with Gasteiger partial charge in [0.2, 0.25) is 0 Å². The van der Waals surface area contributed by atoms with Crippen molar-refractivity contribution in [2.75, 3.05) is 0 Å². The lowest BCUT2D eigenvalue weighted by molar-refractivity contribution is 0.621. The lowest BCUT2D eigenvalue weighted by Gasteiger charge is -1.98. The molecule has 0 unspecified atom stereocenters. The van der Waals surface area contributed by atoms with Gasteiger partial charge in [-0.25, -0.2) is 0 Å². The SMILES string of the molecule is CC/C=C/CCCCCCC/C=C/CC. The van der Waals surface area contributed by atoms with Gasteiger partial charge < -0.3 is 0 Å². The van der Waals surface area contributed by atoms with E-state index in [9.17, 15) is 0 Å². The second-order valence-electron chi connectivity index (χ2n) is 4.10. The average molecular weight is 208 g/mol. The third kappa shape index (κ3) is 13.5. The van der Waals surface area contributed by atoms with Crippen LogP contribution in [0.4, 0.5) is 0 Å². The Labute approximate surface area is 96.5 Å². The Morgan fingerprint density at radius 3 is 1.33 bits per heavy atom. The maximum absolute atomic E-state index is 2.32. The maximum atomic E-state index is 2.32. The molecule has 0 atom stereocenters. The van der Waals surface area contributed by atoms with E-state index in [1.54, 1.807) is 0 Å². The second kappa shape index (κ2) is 13.5. The molecule has 0 aromatic carbocycles. The first kappa shape index (κ1) is 14.5. The first-order valence-corrected chi connectivity index (χ1v) is 6.71. The molecule has 0 nitrogen and oxygen atoms in total. The van der Waals surface area contributed by atoms with Gasteiger partial charge in [-0.3, -0.25) is 0 Å². The quantitative estimate of drug-likeness (QED) is 0.321. The van der Waals surface area contributed by atoms with E-state index in [-0.39, 0.29) is 0 Å². The Morgan fingerprint density at radius 1 is 0.533 bits per heavy atom. The number of allylic oxidation sites excluding steroid dienone is 4. The summed E-state index contributed by atoms with van der Waals surface area (Å²) in [5.41, 5.74) is 0. The second-order valence-corrected chi connectivity index (χ2v) is 4.10. The minimum Gasteiger partial charge on any atom is -0.0888 e. The molecular weight excluding hydrogens is 180 g/mol. The minimum absolute atomic E-state index is 1.18. The Kier molecular flexibility index (Phi) is 13.0. The fourth-order valence-electron chi connectivity index (χ4n) is 1.62. The van der Waals surface area contributed by atoms with Gasteiger partial charge in [-0.15, -0.1) is 0 Å². The molecule has 15 heavy (non-hydrogen) atoms. The van der Waals surface area contributed by atoms with Crippen molar-refractivity contribution in [2.45, 2.75) is 71.6 Å². The van der Waals surface area contributed by atoms with Crippen LogP contribution in [0, 0.1) is 0 Å². The van der Waals surface area contributed by atoms with Crippen molar-refractivity contribution >= 4 is 0 Å². The summed E-state index contributed by atoms with van der Waals surface area (Å²) in [5.74, 6) is 0. The van der Waals surface area contributed by atoms with Crippen LogP contribution in [-0.4, -0.2) is 0 Å². The molecule has 0 saturated heterocycles. The Bertz CT molecular complexity index is 135. The number of hydrogen-bond acceptors (Lipinski definition) is 0. The molecule has 0 rings (SSSR count). The fraction of sp³-hybridized carbons (Fsp3) is 0.733. The number of hydrogen-bond donors (Lipinski definition) is 0. The summed E-state index contributed by atoms with van der Waals surface area (Å²) >= 11 is 0. The van der Waals surface area contributed by atoms with E-state index >= 15 is 0 Å². The zero-order chi connectivity index (χ0) is 11.2. The van der Waals surface area contributed by atoms with Crippen molar-refractivity contribution in [1.29, 1.82) is 0 Å². The Balaban J connectivity index is 2.98. The molecule has 0 amide bonds. The van der Waals surface area contributed by atoms with Gasteiger partial charge in [0.25, 0.3) is 0 Å². The lowest BCUT2D eigenvalue weighted by atomic mass is 10.1. The van der Waals surface area contributed by atoms with Crippen molar-refractivity contribution in [3.05, 3.63) is 24.3 Å². The van der Waals surface area contributed by atoms with Crippen molar-refractivity contribution in [2.24, 2.45) is 0 Å². The average Bonchev–Trinajstić information content (AvgIpc) is 2.26. The highest BCUT2D eigenvalue weighted by Crippen LogP contribution is 2.08. The van der Waals surface area contributed by atoms with E-state index in [2.05, 4.69) is 38.2 Å². The largest absolute Gasteiger partial charge is 0.0888 e. The highest BCUT2D eigenvalue weighted by Gasteiger charge is 1.88. The van der Waals surface area contributed by atoms with Crippen LogP contribution in [0.1, 0.15) is 71.6 Å². The van der Waals surface area contributed by atoms with Crippen molar-refractivity contribution < 1.29 is 0 Å². The molecule has 0 bridgehead atoms. The Hall–Kier alpha value is -0.520. The van der Waals surface area contributed by atoms with Crippen LogP contribution in [-0.2, 0) is 0 Å². The molecule has 0 aliphatic carbocycles. The highest BCUT2D eigenvalue weighted by molar-refractivity contribution is 4.80. The molecule has 0 N–H and O–H groups in total.